The molecule has 1 aromatic carbocycles. The van der Waals surface area contributed by atoms with Crippen molar-refractivity contribution >= 4 is 33.6 Å². The van der Waals surface area contributed by atoms with Gasteiger partial charge in [0.15, 0.2) is 5.03 Å². The van der Waals surface area contributed by atoms with E-state index in [0.29, 0.717) is 37.4 Å². The lowest BCUT2D eigenvalue weighted by atomic mass is 9.93. The number of aryl methyl sites for hydroxylation is 1. The van der Waals surface area contributed by atoms with E-state index in [1.165, 1.54) is 41.2 Å². The first-order valence-electron chi connectivity index (χ1n) is 15.5. The second-order valence-electron chi connectivity index (χ2n) is 13.9. The molecule has 4 rings (SSSR count). The molecule has 1 saturated heterocycles. The fraction of sp³-hybridized carbons (Fsp3) is 0.515. The summed E-state index contributed by atoms with van der Waals surface area (Å²) in [5.74, 6) is -0.680. The molecule has 1 aliphatic heterocycles. The summed E-state index contributed by atoms with van der Waals surface area (Å²) in [6.07, 6.45) is 3.55. The molecular formula is C33H43ClFN5O6S. The number of nitrogens with zero attached hydrogens (tertiary/aromatic N) is 4. The first-order valence-corrected chi connectivity index (χ1v) is 17.4. The number of amides is 2. The largest absolute Gasteiger partial charge is 0.493 e. The maximum Gasteiger partial charge on any atom is 0.410 e. The van der Waals surface area contributed by atoms with Crippen molar-refractivity contribution in [2.24, 2.45) is 11.8 Å². The molecule has 1 atom stereocenters. The maximum atomic E-state index is 14.3. The third kappa shape index (κ3) is 9.66. The zero-order chi connectivity index (χ0) is 34.7. The van der Waals surface area contributed by atoms with Gasteiger partial charge in [0.1, 0.15) is 22.3 Å². The van der Waals surface area contributed by atoms with E-state index in [1.807, 2.05) is 53.2 Å². The minimum Gasteiger partial charge on any atom is -0.493 e. The standard InChI is InChI=1S/C33H43ClFN5O6S/c1-21(2)20-45-25-16-23(15-24(35)17-25)27-11-10-26(29(34)36-27)30(41)38-47(43,44)28-12-14-39(37-28)13-8-9-22-18-33(6,7)40(19-22)31(42)46-32(3,4)5/h10-12,14-17,21-22H,8-9,13,18-20H2,1-7H3,(H,38,41)/t22-/m0/s1. The van der Waals surface area contributed by atoms with Crippen molar-refractivity contribution in [1.82, 2.24) is 24.4 Å². The Kier molecular flexibility index (Phi) is 10.9. The molecule has 3 heterocycles. The molecule has 2 aromatic heterocycles. The van der Waals surface area contributed by atoms with Gasteiger partial charge in [-0.1, -0.05) is 25.4 Å². The second-order valence-corrected chi connectivity index (χ2v) is 15.9. The SMILES string of the molecule is CC(C)COc1cc(F)cc(-c2ccc(C(=O)NS(=O)(=O)c3ccn(CCC[C@@H]4CN(C(=O)OC(C)(C)C)C(C)(C)C4)n3)c(Cl)n2)c1. The Morgan fingerprint density at radius 1 is 1.17 bits per heavy atom. The average molecular weight is 692 g/mol. The van der Waals surface area contributed by atoms with E-state index in [0.717, 1.165) is 12.8 Å². The number of carbonyl (C=O) groups excluding carboxylic acids is 2. The van der Waals surface area contributed by atoms with E-state index in [4.69, 9.17) is 21.1 Å². The number of benzene rings is 1. The van der Waals surface area contributed by atoms with Crippen molar-refractivity contribution < 1.29 is 31.9 Å². The summed E-state index contributed by atoms with van der Waals surface area (Å²) in [6, 6.07) is 8.21. The summed E-state index contributed by atoms with van der Waals surface area (Å²) >= 11 is 6.28. The Morgan fingerprint density at radius 2 is 1.89 bits per heavy atom. The van der Waals surface area contributed by atoms with E-state index in [-0.39, 0.29) is 44.9 Å². The van der Waals surface area contributed by atoms with Gasteiger partial charge < -0.3 is 14.4 Å². The molecule has 0 saturated carbocycles. The highest BCUT2D eigenvalue weighted by molar-refractivity contribution is 7.90. The molecule has 256 valence electrons. The van der Waals surface area contributed by atoms with Crippen molar-refractivity contribution in [2.75, 3.05) is 13.2 Å². The van der Waals surface area contributed by atoms with Gasteiger partial charge in [-0.05, 0) is 96.0 Å². The smallest absolute Gasteiger partial charge is 0.410 e. The summed E-state index contributed by atoms with van der Waals surface area (Å²) in [6.45, 7) is 15.0. The molecule has 0 spiro atoms. The van der Waals surface area contributed by atoms with Gasteiger partial charge >= 0.3 is 6.09 Å². The highest BCUT2D eigenvalue weighted by atomic mass is 35.5. The summed E-state index contributed by atoms with van der Waals surface area (Å²) in [5.41, 5.74) is -0.421. The van der Waals surface area contributed by atoms with Crippen LogP contribution < -0.4 is 9.46 Å². The molecular weight excluding hydrogens is 649 g/mol. The van der Waals surface area contributed by atoms with Crippen LogP contribution in [0.15, 0.2) is 47.6 Å². The summed E-state index contributed by atoms with van der Waals surface area (Å²) < 4.78 is 54.9. The molecule has 0 unspecified atom stereocenters. The Labute approximate surface area is 280 Å². The molecule has 0 bridgehead atoms. The molecule has 1 fully saturated rings. The molecule has 47 heavy (non-hydrogen) atoms. The monoisotopic (exact) mass is 691 g/mol. The van der Waals surface area contributed by atoms with E-state index in [1.54, 1.807) is 11.0 Å². The van der Waals surface area contributed by atoms with Crippen LogP contribution in [0.5, 0.6) is 5.75 Å². The van der Waals surface area contributed by atoms with Crippen molar-refractivity contribution in [3.8, 4) is 17.0 Å². The quantitative estimate of drug-likeness (QED) is 0.220. The highest BCUT2D eigenvalue weighted by Gasteiger charge is 2.42. The Hall–Kier alpha value is -3.71. The average Bonchev–Trinajstić information content (AvgIpc) is 3.54. The van der Waals surface area contributed by atoms with Gasteiger partial charge in [0.2, 0.25) is 0 Å². The van der Waals surface area contributed by atoms with Crippen molar-refractivity contribution in [2.45, 2.75) is 90.4 Å². The second kappa shape index (κ2) is 14.2. The minimum absolute atomic E-state index is 0.175. The number of carbonyl (C=O) groups is 2. The number of pyridine rings is 1. The number of aromatic nitrogens is 3. The lowest BCUT2D eigenvalue weighted by Gasteiger charge is -2.33. The van der Waals surface area contributed by atoms with Gasteiger partial charge in [-0.25, -0.2) is 18.9 Å². The molecule has 0 aliphatic carbocycles. The fourth-order valence-corrected chi connectivity index (χ4v) is 6.57. The van der Waals surface area contributed by atoms with E-state index in [2.05, 4.69) is 10.1 Å². The zero-order valence-corrected chi connectivity index (χ0v) is 29.4. The molecule has 1 N–H and O–H groups in total. The summed E-state index contributed by atoms with van der Waals surface area (Å²) in [5, 5.41) is 3.58. The Bertz CT molecular complexity index is 1720. The first-order chi connectivity index (χ1) is 21.8. The van der Waals surface area contributed by atoms with Crippen LogP contribution in [-0.2, 0) is 21.3 Å². The summed E-state index contributed by atoms with van der Waals surface area (Å²) in [7, 11) is -4.32. The Morgan fingerprint density at radius 3 is 2.55 bits per heavy atom. The zero-order valence-electron chi connectivity index (χ0n) is 27.8. The van der Waals surface area contributed by atoms with Gasteiger partial charge in [0, 0.05) is 36.5 Å². The van der Waals surface area contributed by atoms with Gasteiger partial charge in [-0.15, -0.1) is 0 Å². The first kappa shape index (κ1) is 36.1. The predicted molar refractivity (Wildman–Crippen MR) is 176 cm³/mol. The minimum atomic E-state index is -4.32. The normalized spacial score (nSPS) is 16.4. The maximum absolute atomic E-state index is 14.3. The number of hydrogen-bond donors (Lipinski definition) is 1. The van der Waals surface area contributed by atoms with E-state index >= 15 is 0 Å². The van der Waals surface area contributed by atoms with Crippen LogP contribution >= 0.6 is 11.6 Å². The van der Waals surface area contributed by atoms with Crippen molar-refractivity contribution in [3.05, 3.63) is 59.1 Å². The number of hydrogen-bond acceptors (Lipinski definition) is 8. The number of sulfonamides is 1. The van der Waals surface area contributed by atoms with Crippen LogP contribution in [0, 0.1) is 17.7 Å². The lowest BCUT2D eigenvalue weighted by molar-refractivity contribution is 0.0130. The van der Waals surface area contributed by atoms with Gasteiger partial charge in [0.05, 0.1) is 17.9 Å². The molecule has 3 aromatic rings. The molecule has 0 radical (unpaired) electrons. The van der Waals surface area contributed by atoms with Crippen LogP contribution in [-0.4, -0.2) is 64.4 Å². The fourth-order valence-electron chi connectivity index (χ4n) is 5.42. The van der Waals surface area contributed by atoms with E-state index in [9.17, 15) is 22.4 Å². The van der Waals surface area contributed by atoms with Gasteiger partial charge in [-0.3, -0.25) is 9.48 Å². The van der Waals surface area contributed by atoms with Gasteiger partial charge in [0.25, 0.3) is 15.9 Å². The van der Waals surface area contributed by atoms with Crippen LogP contribution in [0.2, 0.25) is 5.15 Å². The van der Waals surface area contributed by atoms with E-state index < -0.39 is 27.3 Å². The van der Waals surface area contributed by atoms with Crippen molar-refractivity contribution in [1.29, 1.82) is 0 Å². The molecule has 14 heteroatoms. The molecule has 1 aliphatic rings. The van der Waals surface area contributed by atoms with Crippen LogP contribution in [0.3, 0.4) is 0 Å². The van der Waals surface area contributed by atoms with Crippen LogP contribution in [0.25, 0.3) is 11.3 Å². The lowest BCUT2D eigenvalue weighted by Crippen LogP contribution is -2.45. The van der Waals surface area contributed by atoms with Crippen LogP contribution in [0.4, 0.5) is 9.18 Å². The van der Waals surface area contributed by atoms with Crippen molar-refractivity contribution in [3.63, 3.8) is 0 Å². The number of halogens is 2. The third-order valence-corrected chi connectivity index (χ3v) is 9.05. The number of likely N-dealkylation sites (tertiary alicyclic amines) is 1. The predicted octanol–water partition coefficient (Wildman–Crippen LogP) is 6.71. The Balaban J connectivity index is 1.34. The topological polar surface area (TPSA) is 133 Å². The third-order valence-electron chi connectivity index (χ3n) is 7.54. The molecule has 2 amide bonds. The summed E-state index contributed by atoms with van der Waals surface area (Å²) in [4.78, 5) is 31.6. The van der Waals surface area contributed by atoms with Gasteiger partial charge in [-0.2, -0.15) is 13.5 Å². The number of rotatable bonds is 11. The van der Waals surface area contributed by atoms with Crippen LogP contribution in [0.1, 0.15) is 78.1 Å². The number of nitrogens with one attached hydrogen (secondary N) is 1. The highest BCUT2D eigenvalue weighted by Crippen LogP contribution is 2.36. The number of ether oxygens (including phenoxy) is 2. The molecule has 11 nitrogen and oxygen atoms in total.